The van der Waals surface area contributed by atoms with Crippen LogP contribution < -0.4 is 0 Å². The number of nitriles is 1. The maximum absolute atomic E-state index is 11.4. The summed E-state index contributed by atoms with van der Waals surface area (Å²) in [5, 5.41) is 18.4. The van der Waals surface area contributed by atoms with Crippen molar-refractivity contribution in [3.63, 3.8) is 0 Å². The molecule has 1 aliphatic rings. The number of fused-ring (bicyclic) bond motifs is 2. The summed E-state index contributed by atoms with van der Waals surface area (Å²) >= 11 is 1.56. The van der Waals surface area contributed by atoms with Crippen molar-refractivity contribution in [3.05, 3.63) is 58.7 Å². The quantitative estimate of drug-likeness (QED) is 0.734. The van der Waals surface area contributed by atoms with Gasteiger partial charge in [-0.25, -0.2) is 4.79 Å². The largest absolute Gasteiger partial charge is 0.478 e. The molecule has 19 heavy (non-hydrogen) atoms. The monoisotopic (exact) mass is 267 g/mol. The Balaban J connectivity index is 2.21. The van der Waals surface area contributed by atoms with Crippen molar-refractivity contribution in [2.45, 2.75) is 16.2 Å². The molecule has 0 radical (unpaired) electrons. The van der Waals surface area contributed by atoms with Crippen LogP contribution in [0.4, 0.5) is 0 Å². The minimum Gasteiger partial charge on any atom is -0.478 e. The van der Waals surface area contributed by atoms with E-state index in [2.05, 4.69) is 0 Å². The molecule has 1 aliphatic heterocycles. The molecule has 2 aromatic carbocycles. The van der Waals surface area contributed by atoms with Gasteiger partial charge in [-0.1, -0.05) is 30.0 Å². The average Bonchev–Trinajstić information content (AvgIpc) is 2.43. The van der Waals surface area contributed by atoms with Crippen molar-refractivity contribution in [2.24, 2.45) is 0 Å². The molecule has 0 amide bonds. The van der Waals surface area contributed by atoms with Crippen LogP contribution >= 0.6 is 11.8 Å². The van der Waals surface area contributed by atoms with Gasteiger partial charge in [-0.2, -0.15) is 5.26 Å². The zero-order chi connectivity index (χ0) is 13.4. The predicted molar refractivity (Wildman–Crippen MR) is 71.5 cm³/mol. The fourth-order valence-electron chi connectivity index (χ4n) is 2.30. The van der Waals surface area contributed by atoms with Gasteiger partial charge in [-0.05, 0) is 29.3 Å². The fourth-order valence-corrected chi connectivity index (χ4v) is 3.38. The van der Waals surface area contributed by atoms with E-state index in [1.165, 1.54) is 0 Å². The van der Waals surface area contributed by atoms with Crippen LogP contribution in [0.5, 0.6) is 0 Å². The van der Waals surface area contributed by atoms with Gasteiger partial charge in [-0.15, -0.1) is 0 Å². The SMILES string of the molecule is N#Cc1ccc2c(c1C(=O)O)Cc1ccccc1S2. The van der Waals surface area contributed by atoms with Gasteiger partial charge in [0.25, 0.3) is 0 Å². The number of nitrogens with zero attached hydrogens (tertiary/aromatic N) is 1. The number of carbonyl (C=O) groups is 1. The van der Waals surface area contributed by atoms with Crippen molar-refractivity contribution >= 4 is 17.7 Å². The fraction of sp³-hybridized carbons (Fsp3) is 0.0667. The van der Waals surface area contributed by atoms with Crippen LogP contribution in [-0.2, 0) is 6.42 Å². The average molecular weight is 267 g/mol. The van der Waals surface area contributed by atoms with E-state index in [1.54, 1.807) is 17.8 Å². The van der Waals surface area contributed by atoms with Crippen LogP contribution in [0.2, 0.25) is 0 Å². The lowest BCUT2D eigenvalue weighted by Gasteiger charge is -2.20. The first-order valence-electron chi connectivity index (χ1n) is 5.75. The Morgan fingerprint density at radius 1 is 1.21 bits per heavy atom. The molecule has 0 unspecified atom stereocenters. The Labute approximate surface area is 114 Å². The van der Waals surface area contributed by atoms with E-state index in [0.717, 1.165) is 20.9 Å². The molecule has 0 spiro atoms. The van der Waals surface area contributed by atoms with Crippen molar-refractivity contribution in [3.8, 4) is 6.07 Å². The number of hydrogen-bond donors (Lipinski definition) is 1. The molecule has 3 rings (SSSR count). The summed E-state index contributed by atoms with van der Waals surface area (Å²) in [4.78, 5) is 13.5. The molecule has 2 aromatic rings. The van der Waals surface area contributed by atoms with E-state index in [0.29, 0.717) is 6.42 Å². The maximum Gasteiger partial charge on any atom is 0.337 e. The minimum absolute atomic E-state index is 0.141. The highest BCUT2D eigenvalue weighted by Gasteiger charge is 2.24. The first kappa shape index (κ1) is 11.8. The van der Waals surface area contributed by atoms with Crippen LogP contribution in [0, 0.1) is 11.3 Å². The number of hydrogen-bond acceptors (Lipinski definition) is 3. The van der Waals surface area contributed by atoms with Crippen LogP contribution in [-0.4, -0.2) is 11.1 Å². The van der Waals surface area contributed by atoms with Gasteiger partial charge in [-0.3, -0.25) is 0 Å². The molecule has 0 saturated heterocycles. The minimum atomic E-state index is -1.03. The van der Waals surface area contributed by atoms with Crippen LogP contribution in [0.15, 0.2) is 46.2 Å². The molecule has 0 fully saturated rings. The van der Waals surface area contributed by atoms with Gasteiger partial charge in [0, 0.05) is 16.2 Å². The lowest BCUT2D eigenvalue weighted by Crippen LogP contribution is -2.10. The molecule has 0 atom stereocenters. The van der Waals surface area contributed by atoms with Gasteiger partial charge >= 0.3 is 5.97 Å². The van der Waals surface area contributed by atoms with E-state index < -0.39 is 5.97 Å². The molecule has 0 saturated carbocycles. The molecule has 3 nitrogen and oxygen atoms in total. The highest BCUT2D eigenvalue weighted by Crippen LogP contribution is 2.41. The Kier molecular flexibility index (Phi) is 2.77. The van der Waals surface area contributed by atoms with Gasteiger partial charge in [0.05, 0.1) is 11.1 Å². The second-order valence-corrected chi connectivity index (χ2v) is 5.35. The first-order valence-corrected chi connectivity index (χ1v) is 6.57. The Morgan fingerprint density at radius 2 is 2.00 bits per heavy atom. The molecule has 1 N–H and O–H groups in total. The summed E-state index contributed by atoms with van der Waals surface area (Å²) in [5.41, 5.74) is 2.22. The van der Waals surface area contributed by atoms with Crippen molar-refractivity contribution in [1.82, 2.24) is 0 Å². The van der Waals surface area contributed by atoms with Crippen molar-refractivity contribution < 1.29 is 9.90 Å². The Hall–Kier alpha value is -2.25. The predicted octanol–water partition coefficient (Wildman–Crippen LogP) is 3.31. The van der Waals surface area contributed by atoms with Crippen LogP contribution in [0.1, 0.15) is 27.0 Å². The van der Waals surface area contributed by atoms with E-state index in [-0.39, 0.29) is 11.1 Å². The summed E-state index contributed by atoms with van der Waals surface area (Å²) in [7, 11) is 0. The highest BCUT2D eigenvalue weighted by atomic mass is 32.2. The molecule has 0 bridgehead atoms. The van der Waals surface area contributed by atoms with E-state index in [9.17, 15) is 9.90 Å². The van der Waals surface area contributed by atoms with Crippen LogP contribution in [0.25, 0.3) is 0 Å². The molecular weight excluding hydrogens is 258 g/mol. The maximum atomic E-state index is 11.4. The molecule has 0 aliphatic carbocycles. The smallest absolute Gasteiger partial charge is 0.337 e. The highest BCUT2D eigenvalue weighted by molar-refractivity contribution is 7.99. The third-order valence-electron chi connectivity index (χ3n) is 3.16. The van der Waals surface area contributed by atoms with Gasteiger partial charge < -0.3 is 5.11 Å². The van der Waals surface area contributed by atoms with Crippen LogP contribution in [0.3, 0.4) is 0 Å². The van der Waals surface area contributed by atoms with E-state index >= 15 is 0 Å². The number of aromatic carboxylic acids is 1. The van der Waals surface area contributed by atoms with Gasteiger partial charge in [0.15, 0.2) is 0 Å². The summed E-state index contributed by atoms with van der Waals surface area (Å²) in [6, 6.07) is 13.3. The van der Waals surface area contributed by atoms with Gasteiger partial charge in [0.1, 0.15) is 6.07 Å². The zero-order valence-corrected chi connectivity index (χ0v) is 10.7. The molecule has 92 valence electrons. The normalized spacial score (nSPS) is 12.2. The lowest BCUT2D eigenvalue weighted by molar-refractivity contribution is 0.0695. The lowest BCUT2D eigenvalue weighted by atomic mass is 9.95. The number of rotatable bonds is 1. The third-order valence-corrected chi connectivity index (χ3v) is 4.38. The van der Waals surface area contributed by atoms with E-state index in [4.69, 9.17) is 5.26 Å². The summed E-state index contributed by atoms with van der Waals surface area (Å²) in [5.74, 6) is -1.03. The van der Waals surface area contributed by atoms with Crippen molar-refractivity contribution in [2.75, 3.05) is 0 Å². The van der Waals surface area contributed by atoms with E-state index in [1.807, 2.05) is 36.4 Å². The molecule has 4 heteroatoms. The summed E-state index contributed by atoms with van der Waals surface area (Å²) in [6.07, 6.45) is 0.565. The zero-order valence-electron chi connectivity index (χ0n) is 9.88. The number of carboxylic acids is 1. The molecule has 1 heterocycles. The van der Waals surface area contributed by atoms with Crippen molar-refractivity contribution in [1.29, 1.82) is 5.26 Å². The summed E-state index contributed by atoms with van der Waals surface area (Å²) < 4.78 is 0. The second-order valence-electron chi connectivity index (χ2n) is 4.27. The number of benzene rings is 2. The molecular formula is C15H9NO2S. The third kappa shape index (κ3) is 1.88. The topological polar surface area (TPSA) is 61.1 Å². The first-order chi connectivity index (χ1) is 9.20. The number of carboxylic acid groups (broad SMARTS) is 1. The standard InChI is InChI=1S/C15H9NO2S/c16-8-10-5-6-13-11(14(10)15(17)18)7-9-3-1-2-4-12(9)19-13/h1-6H,7H2,(H,17,18). The molecule has 0 aromatic heterocycles. The summed E-state index contributed by atoms with van der Waals surface area (Å²) in [6.45, 7) is 0. The van der Waals surface area contributed by atoms with Gasteiger partial charge in [0.2, 0.25) is 0 Å². The Bertz CT molecular complexity index is 731. The second kappa shape index (κ2) is 4.45. The Morgan fingerprint density at radius 3 is 2.74 bits per heavy atom.